The Bertz CT molecular complexity index is 1140. The van der Waals surface area contributed by atoms with Gasteiger partial charge in [0.25, 0.3) is 0 Å². The molecule has 1 aliphatic heterocycles. The predicted molar refractivity (Wildman–Crippen MR) is 122 cm³/mol. The van der Waals surface area contributed by atoms with Crippen molar-refractivity contribution in [2.75, 3.05) is 20.2 Å². The van der Waals surface area contributed by atoms with Crippen LogP contribution in [0.2, 0.25) is 0 Å². The maximum Gasteiger partial charge on any atom is 0.227 e. The minimum Gasteiger partial charge on any atom is -0.494 e. The van der Waals surface area contributed by atoms with Gasteiger partial charge in [-0.25, -0.2) is 8.78 Å². The van der Waals surface area contributed by atoms with Crippen LogP contribution in [0.3, 0.4) is 0 Å². The van der Waals surface area contributed by atoms with Gasteiger partial charge in [0, 0.05) is 44.1 Å². The molecule has 1 fully saturated rings. The molecule has 2 aromatic carbocycles. The van der Waals surface area contributed by atoms with E-state index in [1.54, 1.807) is 25.1 Å². The molecule has 0 aliphatic carbocycles. The van der Waals surface area contributed by atoms with Gasteiger partial charge in [-0.1, -0.05) is 11.2 Å². The summed E-state index contributed by atoms with van der Waals surface area (Å²) in [5, 5.41) is 7.01. The van der Waals surface area contributed by atoms with E-state index in [4.69, 9.17) is 9.26 Å². The van der Waals surface area contributed by atoms with E-state index < -0.39 is 0 Å². The fraction of sp³-hybridized carbons (Fsp3) is 0.400. The van der Waals surface area contributed by atoms with Crippen LogP contribution in [-0.4, -0.2) is 47.2 Å². The molecule has 0 bridgehead atoms. The molecule has 0 spiro atoms. The number of ether oxygens (including phenoxy) is 1. The first-order valence-electron chi connectivity index (χ1n) is 11.3. The number of hydrogen-bond acceptors (Lipinski definition) is 6. The van der Waals surface area contributed by atoms with Gasteiger partial charge >= 0.3 is 0 Å². The number of piperidine rings is 1. The topological polar surface area (TPSA) is 80.5 Å². The van der Waals surface area contributed by atoms with E-state index in [0.29, 0.717) is 35.8 Å². The zero-order valence-corrected chi connectivity index (χ0v) is 19.3. The van der Waals surface area contributed by atoms with Gasteiger partial charge in [0.15, 0.2) is 11.6 Å². The van der Waals surface area contributed by atoms with Gasteiger partial charge in [-0.15, -0.1) is 0 Å². The van der Waals surface area contributed by atoms with Crippen LogP contribution in [0, 0.1) is 18.6 Å². The summed E-state index contributed by atoms with van der Waals surface area (Å²) in [6.07, 6.45) is 2.24. The third-order valence-corrected chi connectivity index (χ3v) is 6.03. The van der Waals surface area contributed by atoms with Crippen molar-refractivity contribution in [3.63, 3.8) is 0 Å². The molecule has 7 nitrogen and oxygen atoms in total. The lowest BCUT2D eigenvalue weighted by molar-refractivity contribution is -0.122. The van der Waals surface area contributed by atoms with E-state index in [0.717, 1.165) is 31.5 Å². The Morgan fingerprint density at radius 2 is 1.97 bits per heavy atom. The summed E-state index contributed by atoms with van der Waals surface area (Å²) < 4.78 is 37.6. The van der Waals surface area contributed by atoms with Crippen molar-refractivity contribution in [2.45, 2.75) is 45.2 Å². The number of halogens is 2. The van der Waals surface area contributed by atoms with E-state index >= 15 is 0 Å². The molecule has 9 heteroatoms. The van der Waals surface area contributed by atoms with Crippen molar-refractivity contribution in [3.05, 3.63) is 65.1 Å². The molecule has 34 heavy (non-hydrogen) atoms. The van der Waals surface area contributed by atoms with Gasteiger partial charge in [0.2, 0.25) is 17.6 Å². The maximum atomic E-state index is 13.9. The number of benzene rings is 2. The average molecular weight is 471 g/mol. The molecule has 1 amide bonds. The number of aromatic nitrogens is 2. The highest BCUT2D eigenvalue weighted by molar-refractivity contribution is 5.76. The monoisotopic (exact) mass is 470 g/mol. The third-order valence-electron chi connectivity index (χ3n) is 6.03. The molecule has 1 aromatic heterocycles. The average Bonchev–Trinajstić information content (AvgIpc) is 3.30. The molecule has 180 valence electrons. The Hall–Kier alpha value is -3.33. The number of amides is 1. The maximum absolute atomic E-state index is 13.9. The zero-order valence-electron chi connectivity index (χ0n) is 19.3. The number of nitrogens with one attached hydrogen (secondary N) is 1. The van der Waals surface area contributed by atoms with Crippen molar-refractivity contribution >= 4 is 5.91 Å². The number of rotatable bonds is 8. The van der Waals surface area contributed by atoms with Crippen LogP contribution in [0.25, 0.3) is 11.4 Å². The summed E-state index contributed by atoms with van der Waals surface area (Å²) >= 11 is 0. The van der Waals surface area contributed by atoms with Crippen LogP contribution in [-0.2, 0) is 17.8 Å². The predicted octanol–water partition coefficient (Wildman–Crippen LogP) is 4.05. The second kappa shape index (κ2) is 10.7. The van der Waals surface area contributed by atoms with Crippen LogP contribution in [0.15, 0.2) is 40.9 Å². The first-order valence-corrected chi connectivity index (χ1v) is 11.3. The standard InChI is InChI=1S/C25H28F2N4O3/c1-16-13-18(4-5-20(16)26)25-29-24(34-30-25)8-7-23(32)28-19-9-11-31(12-10-19)15-17-3-6-22(33-2)21(27)14-17/h3-6,13-14,19H,7-12,15H2,1-2H3,(H,28,32). The lowest BCUT2D eigenvalue weighted by Crippen LogP contribution is -2.44. The highest BCUT2D eigenvalue weighted by Crippen LogP contribution is 2.21. The Labute approximate surface area is 197 Å². The molecule has 0 atom stereocenters. The van der Waals surface area contributed by atoms with Gasteiger partial charge in [-0.2, -0.15) is 4.98 Å². The normalized spacial score (nSPS) is 14.8. The molecular formula is C25H28F2N4O3. The molecule has 2 heterocycles. The molecule has 3 aromatic rings. The van der Waals surface area contributed by atoms with Crippen molar-refractivity contribution in [2.24, 2.45) is 0 Å². The number of carbonyl (C=O) groups is 1. The Morgan fingerprint density at radius 3 is 2.68 bits per heavy atom. The Balaban J connectivity index is 1.20. The van der Waals surface area contributed by atoms with Crippen molar-refractivity contribution in [1.82, 2.24) is 20.4 Å². The molecule has 1 N–H and O–H groups in total. The summed E-state index contributed by atoms with van der Waals surface area (Å²) in [4.78, 5) is 19.0. The third kappa shape index (κ3) is 5.96. The van der Waals surface area contributed by atoms with Gasteiger partial charge < -0.3 is 14.6 Å². The Morgan fingerprint density at radius 1 is 1.18 bits per heavy atom. The van der Waals surface area contributed by atoms with Crippen LogP contribution in [0.1, 0.15) is 36.3 Å². The molecular weight excluding hydrogens is 442 g/mol. The van der Waals surface area contributed by atoms with Crippen molar-refractivity contribution in [1.29, 1.82) is 0 Å². The fourth-order valence-corrected chi connectivity index (χ4v) is 4.08. The van der Waals surface area contributed by atoms with Crippen LogP contribution in [0.4, 0.5) is 8.78 Å². The second-order valence-electron chi connectivity index (χ2n) is 8.56. The number of carbonyl (C=O) groups excluding carboxylic acids is 1. The van der Waals surface area contributed by atoms with E-state index in [-0.39, 0.29) is 35.8 Å². The van der Waals surface area contributed by atoms with Crippen LogP contribution >= 0.6 is 0 Å². The fourth-order valence-electron chi connectivity index (χ4n) is 4.08. The SMILES string of the molecule is COc1ccc(CN2CCC(NC(=O)CCc3nc(-c4ccc(F)c(C)c4)no3)CC2)cc1F. The van der Waals surface area contributed by atoms with E-state index in [2.05, 4.69) is 20.4 Å². The quantitative estimate of drug-likeness (QED) is 0.535. The number of nitrogens with zero attached hydrogens (tertiary/aromatic N) is 3. The van der Waals surface area contributed by atoms with Gasteiger partial charge in [0.1, 0.15) is 5.82 Å². The largest absolute Gasteiger partial charge is 0.494 e. The number of aryl methyl sites for hydroxylation is 2. The lowest BCUT2D eigenvalue weighted by Gasteiger charge is -2.32. The zero-order chi connectivity index (χ0) is 24.1. The number of hydrogen-bond donors (Lipinski definition) is 1. The smallest absolute Gasteiger partial charge is 0.227 e. The van der Waals surface area contributed by atoms with E-state index in [1.807, 2.05) is 6.07 Å². The summed E-state index contributed by atoms with van der Waals surface area (Å²) in [5.74, 6) is 0.282. The van der Waals surface area contributed by atoms with Crippen LogP contribution in [0.5, 0.6) is 5.75 Å². The molecule has 1 saturated heterocycles. The molecule has 0 saturated carbocycles. The van der Waals surface area contributed by atoms with Gasteiger partial charge in [-0.05, 0) is 61.2 Å². The summed E-state index contributed by atoms with van der Waals surface area (Å²) in [6.45, 7) is 3.98. The summed E-state index contributed by atoms with van der Waals surface area (Å²) in [5.41, 5.74) is 2.07. The van der Waals surface area contributed by atoms with E-state index in [9.17, 15) is 13.6 Å². The van der Waals surface area contributed by atoms with Gasteiger partial charge in [0.05, 0.1) is 7.11 Å². The molecule has 4 rings (SSSR count). The van der Waals surface area contributed by atoms with E-state index in [1.165, 1.54) is 19.2 Å². The van der Waals surface area contributed by atoms with Crippen molar-refractivity contribution < 1.29 is 22.8 Å². The minimum absolute atomic E-state index is 0.0620. The number of likely N-dealkylation sites (tertiary alicyclic amines) is 1. The number of methoxy groups -OCH3 is 1. The summed E-state index contributed by atoms with van der Waals surface area (Å²) in [6, 6.07) is 9.76. The highest BCUT2D eigenvalue weighted by atomic mass is 19.1. The summed E-state index contributed by atoms with van der Waals surface area (Å²) in [7, 11) is 1.45. The first kappa shape index (κ1) is 23.8. The van der Waals surface area contributed by atoms with Crippen LogP contribution < -0.4 is 10.1 Å². The first-order chi connectivity index (χ1) is 16.4. The van der Waals surface area contributed by atoms with Gasteiger partial charge in [-0.3, -0.25) is 9.69 Å². The molecule has 0 radical (unpaired) electrons. The van der Waals surface area contributed by atoms with Crippen molar-refractivity contribution in [3.8, 4) is 17.1 Å². The highest BCUT2D eigenvalue weighted by Gasteiger charge is 2.21. The second-order valence-corrected chi connectivity index (χ2v) is 8.56. The lowest BCUT2D eigenvalue weighted by atomic mass is 10.0. The molecule has 1 aliphatic rings. The molecule has 0 unspecified atom stereocenters. The Kier molecular flexibility index (Phi) is 7.52. The minimum atomic E-state index is -0.358.